The van der Waals surface area contributed by atoms with Gasteiger partial charge < -0.3 is 15.2 Å². The zero-order valence-corrected chi connectivity index (χ0v) is 18.5. The Morgan fingerprint density at radius 2 is 1.72 bits per heavy atom. The molecular weight excluding hydrogens is 398 g/mol. The lowest BCUT2D eigenvalue weighted by Crippen LogP contribution is -2.39. The van der Waals surface area contributed by atoms with Crippen molar-refractivity contribution in [2.24, 2.45) is 11.8 Å². The molecule has 0 unspecified atom stereocenters. The van der Waals surface area contributed by atoms with E-state index < -0.39 is 0 Å². The molecule has 2 fully saturated rings. The van der Waals surface area contributed by atoms with E-state index in [9.17, 15) is 9.59 Å². The Morgan fingerprint density at radius 3 is 2.47 bits per heavy atom. The Balaban J connectivity index is 1.08. The number of nitrogens with zero attached hydrogens (tertiary/aromatic N) is 1. The number of likely N-dealkylation sites (tertiary alicyclic amines) is 1. The van der Waals surface area contributed by atoms with Crippen molar-refractivity contribution in [3.05, 3.63) is 71.4 Å². The zero-order valence-electron chi connectivity index (χ0n) is 18.5. The summed E-state index contributed by atoms with van der Waals surface area (Å²) in [5.41, 5.74) is 4.33. The van der Waals surface area contributed by atoms with Crippen LogP contribution in [-0.2, 0) is 17.6 Å². The van der Waals surface area contributed by atoms with Gasteiger partial charge in [-0.3, -0.25) is 9.59 Å². The summed E-state index contributed by atoms with van der Waals surface area (Å²) >= 11 is 0. The summed E-state index contributed by atoms with van der Waals surface area (Å²) in [7, 11) is 0. The van der Waals surface area contributed by atoms with Crippen molar-refractivity contribution in [1.82, 2.24) is 15.2 Å². The van der Waals surface area contributed by atoms with Crippen molar-refractivity contribution in [3.8, 4) is 0 Å². The minimum atomic E-state index is -0.0247. The molecule has 1 aliphatic carbocycles. The Kier molecular flexibility index (Phi) is 5.97. The average Bonchev–Trinajstić information content (AvgIpc) is 3.60. The fourth-order valence-corrected chi connectivity index (χ4v) is 4.82. The molecule has 2 aliphatic rings. The van der Waals surface area contributed by atoms with E-state index in [-0.39, 0.29) is 5.91 Å². The van der Waals surface area contributed by atoms with Gasteiger partial charge in [-0.1, -0.05) is 30.3 Å². The highest BCUT2D eigenvalue weighted by Crippen LogP contribution is 2.33. The van der Waals surface area contributed by atoms with Gasteiger partial charge in [0, 0.05) is 48.2 Å². The Bertz CT molecular complexity index is 1090. The lowest BCUT2D eigenvalue weighted by molar-refractivity contribution is -0.133. The van der Waals surface area contributed by atoms with E-state index in [1.807, 2.05) is 30.5 Å². The van der Waals surface area contributed by atoms with Gasteiger partial charge in [0.2, 0.25) is 5.91 Å². The normalized spacial score (nSPS) is 16.9. The van der Waals surface area contributed by atoms with Crippen molar-refractivity contribution >= 4 is 22.7 Å². The van der Waals surface area contributed by atoms with Crippen molar-refractivity contribution in [2.75, 3.05) is 19.6 Å². The summed E-state index contributed by atoms with van der Waals surface area (Å²) in [6.45, 7) is 2.41. The van der Waals surface area contributed by atoms with E-state index in [4.69, 9.17) is 0 Å². The van der Waals surface area contributed by atoms with Gasteiger partial charge in [0.05, 0.1) is 0 Å². The molecule has 2 amide bonds. The molecule has 5 rings (SSSR count). The third-order valence-electron chi connectivity index (χ3n) is 6.95. The van der Waals surface area contributed by atoms with Crippen molar-refractivity contribution in [2.45, 2.75) is 38.5 Å². The standard InChI is InChI=1S/C27H31N3O2/c31-26(28-14-11-23-18-29-25-4-2-1-3-24(23)25)21-7-5-19(6-8-21)17-20-12-15-30(16-13-20)27(32)22-9-10-22/h1-8,18,20,22,29H,9-17H2,(H,28,31). The maximum atomic E-state index is 12.5. The van der Waals surface area contributed by atoms with Crippen LogP contribution in [0.3, 0.4) is 0 Å². The molecule has 0 bridgehead atoms. The van der Waals surface area contributed by atoms with Gasteiger partial charge in [-0.15, -0.1) is 0 Å². The van der Waals surface area contributed by atoms with Crippen LogP contribution in [0.15, 0.2) is 54.7 Å². The van der Waals surface area contributed by atoms with Crippen molar-refractivity contribution in [1.29, 1.82) is 0 Å². The van der Waals surface area contributed by atoms with Crippen LogP contribution in [0.1, 0.15) is 47.2 Å². The molecule has 32 heavy (non-hydrogen) atoms. The number of carbonyl (C=O) groups excluding carboxylic acids is 2. The number of hydrogen-bond donors (Lipinski definition) is 2. The van der Waals surface area contributed by atoms with E-state index in [0.717, 1.165) is 57.1 Å². The maximum Gasteiger partial charge on any atom is 0.251 e. The number of fused-ring (bicyclic) bond motifs is 1. The molecule has 0 spiro atoms. The molecule has 1 aliphatic heterocycles. The molecule has 5 nitrogen and oxygen atoms in total. The summed E-state index contributed by atoms with van der Waals surface area (Å²) < 4.78 is 0. The predicted molar refractivity (Wildman–Crippen MR) is 127 cm³/mol. The predicted octanol–water partition coefficient (Wildman–Crippen LogP) is 4.33. The topological polar surface area (TPSA) is 65.2 Å². The number of piperidine rings is 1. The molecule has 1 aromatic heterocycles. The van der Waals surface area contributed by atoms with E-state index >= 15 is 0 Å². The summed E-state index contributed by atoms with van der Waals surface area (Å²) in [4.78, 5) is 30.1. The van der Waals surface area contributed by atoms with Crippen LogP contribution in [0, 0.1) is 11.8 Å². The van der Waals surface area contributed by atoms with Crippen LogP contribution in [0.25, 0.3) is 10.9 Å². The number of hydrogen-bond acceptors (Lipinski definition) is 2. The second-order valence-electron chi connectivity index (χ2n) is 9.31. The van der Waals surface area contributed by atoms with Gasteiger partial charge in [0.1, 0.15) is 0 Å². The van der Waals surface area contributed by atoms with Gasteiger partial charge in [0.25, 0.3) is 5.91 Å². The molecule has 2 aromatic carbocycles. The van der Waals surface area contributed by atoms with Crippen LogP contribution in [0.5, 0.6) is 0 Å². The number of H-pyrrole nitrogens is 1. The molecular formula is C27H31N3O2. The highest BCUT2D eigenvalue weighted by atomic mass is 16.2. The third kappa shape index (κ3) is 4.72. The third-order valence-corrected chi connectivity index (χ3v) is 6.95. The quantitative estimate of drug-likeness (QED) is 0.587. The van der Waals surface area contributed by atoms with Crippen molar-refractivity contribution < 1.29 is 9.59 Å². The molecule has 2 N–H and O–H groups in total. The highest BCUT2D eigenvalue weighted by Gasteiger charge is 2.34. The molecule has 166 valence electrons. The van der Waals surface area contributed by atoms with Gasteiger partial charge in [0.15, 0.2) is 0 Å². The maximum absolute atomic E-state index is 12.5. The molecule has 5 heteroatoms. The summed E-state index contributed by atoms with van der Waals surface area (Å²) in [5.74, 6) is 1.30. The fourth-order valence-electron chi connectivity index (χ4n) is 4.82. The molecule has 3 aromatic rings. The smallest absolute Gasteiger partial charge is 0.251 e. The number of rotatable bonds is 7. The molecule has 1 saturated carbocycles. The first-order valence-corrected chi connectivity index (χ1v) is 11.9. The number of aromatic amines is 1. The van der Waals surface area contributed by atoms with Crippen LogP contribution in [0.2, 0.25) is 0 Å². The number of carbonyl (C=O) groups is 2. The van der Waals surface area contributed by atoms with Crippen molar-refractivity contribution in [3.63, 3.8) is 0 Å². The molecule has 0 radical (unpaired) electrons. The number of para-hydroxylation sites is 1. The number of nitrogens with one attached hydrogen (secondary N) is 2. The summed E-state index contributed by atoms with van der Waals surface area (Å²) in [6.07, 6.45) is 8.17. The van der Waals surface area contributed by atoms with Crippen LogP contribution in [0.4, 0.5) is 0 Å². The van der Waals surface area contributed by atoms with Crippen LogP contribution < -0.4 is 5.32 Å². The Morgan fingerprint density at radius 1 is 0.969 bits per heavy atom. The molecule has 2 heterocycles. The van der Waals surface area contributed by atoms with Crippen LogP contribution in [-0.4, -0.2) is 41.3 Å². The fraction of sp³-hybridized carbons (Fsp3) is 0.407. The Labute approximate surface area is 189 Å². The monoisotopic (exact) mass is 429 g/mol. The second kappa shape index (κ2) is 9.19. The zero-order chi connectivity index (χ0) is 21.9. The first-order valence-electron chi connectivity index (χ1n) is 11.9. The highest BCUT2D eigenvalue weighted by molar-refractivity contribution is 5.94. The summed E-state index contributed by atoms with van der Waals surface area (Å²) in [5, 5.41) is 4.26. The minimum absolute atomic E-state index is 0.0247. The summed E-state index contributed by atoms with van der Waals surface area (Å²) in [6, 6.07) is 16.3. The Hall–Kier alpha value is -3.08. The number of aromatic nitrogens is 1. The number of benzene rings is 2. The first kappa shape index (κ1) is 20.8. The average molecular weight is 430 g/mol. The SMILES string of the molecule is O=C(NCCc1c[nH]c2ccccc12)c1ccc(CC2CCN(C(=O)C3CC3)CC2)cc1. The van der Waals surface area contributed by atoms with Gasteiger partial charge in [-0.2, -0.15) is 0 Å². The first-order chi connectivity index (χ1) is 15.7. The number of amides is 2. The van der Waals surface area contributed by atoms with Gasteiger partial charge >= 0.3 is 0 Å². The van der Waals surface area contributed by atoms with Gasteiger partial charge in [-0.05, 0) is 73.8 Å². The van der Waals surface area contributed by atoms with E-state index in [1.165, 1.54) is 16.5 Å². The lowest BCUT2D eigenvalue weighted by atomic mass is 9.89. The van der Waals surface area contributed by atoms with E-state index in [2.05, 4.69) is 39.5 Å². The largest absolute Gasteiger partial charge is 0.361 e. The minimum Gasteiger partial charge on any atom is -0.361 e. The van der Waals surface area contributed by atoms with E-state index in [0.29, 0.717) is 29.9 Å². The van der Waals surface area contributed by atoms with Gasteiger partial charge in [-0.25, -0.2) is 0 Å². The molecule has 1 saturated heterocycles. The second-order valence-corrected chi connectivity index (χ2v) is 9.31. The van der Waals surface area contributed by atoms with Crippen LogP contribution >= 0.6 is 0 Å². The lowest BCUT2D eigenvalue weighted by Gasteiger charge is -2.32. The van der Waals surface area contributed by atoms with E-state index in [1.54, 1.807) is 0 Å². The molecule has 0 atom stereocenters.